The van der Waals surface area contributed by atoms with Crippen molar-refractivity contribution in [1.82, 2.24) is 20.1 Å². The molecular weight excluding hydrogens is 352 g/mol. The number of rotatable bonds is 6. The summed E-state index contributed by atoms with van der Waals surface area (Å²) < 4.78 is 2.23. The number of carbonyl (C=O) groups is 1. The van der Waals surface area contributed by atoms with Gasteiger partial charge in [0, 0.05) is 12.1 Å². The number of thiophene rings is 1. The molecule has 0 unspecified atom stereocenters. The second-order valence-electron chi connectivity index (χ2n) is 7.11. The van der Waals surface area contributed by atoms with Crippen LogP contribution in [0.3, 0.4) is 0 Å². The summed E-state index contributed by atoms with van der Waals surface area (Å²) in [7, 11) is 0. The van der Waals surface area contributed by atoms with Crippen molar-refractivity contribution in [2.75, 3.05) is 5.75 Å². The van der Waals surface area contributed by atoms with Crippen LogP contribution >= 0.6 is 23.1 Å². The first-order valence-corrected chi connectivity index (χ1v) is 11.0. The van der Waals surface area contributed by atoms with Crippen LogP contribution in [0, 0.1) is 5.92 Å². The lowest BCUT2D eigenvalue weighted by Crippen LogP contribution is -2.41. The molecule has 2 saturated carbocycles. The lowest BCUT2D eigenvalue weighted by Gasteiger charge is -2.29. The van der Waals surface area contributed by atoms with Crippen LogP contribution < -0.4 is 5.32 Å². The predicted octanol–water partition coefficient (Wildman–Crippen LogP) is 4.13. The zero-order chi connectivity index (χ0) is 17.2. The molecule has 0 bridgehead atoms. The first-order valence-electron chi connectivity index (χ1n) is 9.13. The van der Waals surface area contributed by atoms with E-state index >= 15 is 0 Å². The van der Waals surface area contributed by atoms with Crippen molar-refractivity contribution in [1.29, 1.82) is 0 Å². The van der Waals surface area contributed by atoms with Gasteiger partial charge in [0.1, 0.15) is 0 Å². The van der Waals surface area contributed by atoms with Gasteiger partial charge >= 0.3 is 0 Å². The van der Waals surface area contributed by atoms with Gasteiger partial charge in [-0.05, 0) is 43.0 Å². The summed E-state index contributed by atoms with van der Waals surface area (Å²) >= 11 is 3.20. The van der Waals surface area contributed by atoms with E-state index in [0.717, 1.165) is 22.3 Å². The zero-order valence-electron chi connectivity index (χ0n) is 14.5. The molecule has 1 amide bonds. The normalized spacial score (nSPS) is 23.6. The van der Waals surface area contributed by atoms with E-state index in [1.54, 1.807) is 11.3 Å². The maximum absolute atomic E-state index is 12.4. The van der Waals surface area contributed by atoms with E-state index in [-0.39, 0.29) is 5.91 Å². The van der Waals surface area contributed by atoms with Crippen LogP contribution in [0.5, 0.6) is 0 Å². The van der Waals surface area contributed by atoms with Crippen molar-refractivity contribution < 1.29 is 4.79 Å². The van der Waals surface area contributed by atoms with E-state index in [9.17, 15) is 4.79 Å². The minimum absolute atomic E-state index is 0.117. The predicted molar refractivity (Wildman–Crippen MR) is 102 cm³/mol. The van der Waals surface area contributed by atoms with E-state index in [0.29, 0.717) is 23.8 Å². The Labute approximate surface area is 156 Å². The van der Waals surface area contributed by atoms with E-state index in [4.69, 9.17) is 0 Å². The van der Waals surface area contributed by atoms with Gasteiger partial charge in [0.25, 0.3) is 0 Å². The lowest BCUT2D eigenvalue weighted by atomic mass is 9.86. The standard InChI is InChI=1S/C18H24N4OS2/c1-12-5-2-3-6-14(12)19-16(23)11-25-18-21-20-17(15-7-4-10-24-15)22(18)13-8-9-13/h4,7,10,12-14H,2-3,5-6,8-9,11H2,1H3,(H,19,23)/t12-,14-/m1/s1. The molecule has 7 heteroatoms. The highest BCUT2D eigenvalue weighted by Gasteiger charge is 2.31. The molecular formula is C18H24N4OS2. The number of amides is 1. The van der Waals surface area contributed by atoms with Gasteiger partial charge in [-0.15, -0.1) is 21.5 Å². The Morgan fingerprint density at radius 1 is 1.32 bits per heavy atom. The first-order chi connectivity index (χ1) is 12.2. The third-order valence-electron chi connectivity index (χ3n) is 5.11. The molecule has 2 aliphatic carbocycles. The highest BCUT2D eigenvalue weighted by atomic mass is 32.2. The monoisotopic (exact) mass is 376 g/mol. The maximum Gasteiger partial charge on any atom is 0.230 e. The van der Waals surface area contributed by atoms with E-state index in [1.807, 2.05) is 6.07 Å². The third-order valence-corrected chi connectivity index (χ3v) is 6.92. The van der Waals surface area contributed by atoms with Crippen LogP contribution in [0.15, 0.2) is 22.7 Å². The largest absolute Gasteiger partial charge is 0.352 e. The fourth-order valence-electron chi connectivity index (χ4n) is 3.52. The van der Waals surface area contributed by atoms with Crippen LogP contribution in [0.2, 0.25) is 0 Å². The summed E-state index contributed by atoms with van der Waals surface area (Å²) in [6, 6.07) is 4.96. The molecule has 2 fully saturated rings. The van der Waals surface area contributed by atoms with Crippen molar-refractivity contribution in [3.05, 3.63) is 17.5 Å². The molecule has 2 aliphatic rings. The smallest absolute Gasteiger partial charge is 0.230 e. The number of nitrogens with one attached hydrogen (secondary N) is 1. The van der Waals surface area contributed by atoms with E-state index < -0.39 is 0 Å². The summed E-state index contributed by atoms with van der Waals surface area (Å²) in [5.41, 5.74) is 0. The number of hydrogen-bond acceptors (Lipinski definition) is 5. The van der Waals surface area contributed by atoms with Gasteiger partial charge < -0.3 is 5.32 Å². The molecule has 134 valence electrons. The SMILES string of the molecule is C[C@@H]1CCCC[C@H]1NC(=O)CSc1nnc(-c2cccs2)n1C1CC1. The minimum Gasteiger partial charge on any atom is -0.352 e. The highest BCUT2D eigenvalue weighted by Crippen LogP contribution is 2.41. The molecule has 0 spiro atoms. The molecule has 25 heavy (non-hydrogen) atoms. The second kappa shape index (κ2) is 7.50. The molecule has 2 aromatic rings. The Kier molecular flexibility index (Phi) is 5.12. The number of hydrogen-bond donors (Lipinski definition) is 1. The molecule has 2 atom stereocenters. The summed E-state index contributed by atoms with van der Waals surface area (Å²) in [6.07, 6.45) is 7.20. The van der Waals surface area contributed by atoms with Gasteiger partial charge in [0.15, 0.2) is 11.0 Å². The first kappa shape index (κ1) is 17.1. The number of aromatic nitrogens is 3. The summed E-state index contributed by atoms with van der Waals surface area (Å²) in [5, 5.41) is 14.9. The van der Waals surface area contributed by atoms with Gasteiger partial charge in [-0.3, -0.25) is 9.36 Å². The average molecular weight is 377 g/mol. The van der Waals surface area contributed by atoms with Crippen LogP contribution in [0.25, 0.3) is 10.7 Å². The van der Waals surface area contributed by atoms with Crippen molar-refractivity contribution >= 4 is 29.0 Å². The van der Waals surface area contributed by atoms with E-state index in [2.05, 4.69) is 38.5 Å². The van der Waals surface area contributed by atoms with Crippen molar-refractivity contribution in [2.45, 2.75) is 62.7 Å². The number of nitrogens with zero attached hydrogens (tertiary/aromatic N) is 3. The molecule has 0 aromatic carbocycles. The Balaban J connectivity index is 1.40. The van der Waals surface area contributed by atoms with Crippen LogP contribution in [0.4, 0.5) is 0 Å². The molecule has 4 rings (SSSR count). The van der Waals surface area contributed by atoms with Gasteiger partial charge in [0.2, 0.25) is 5.91 Å². The van der Waals surface area contributed by atoms with Crippen molar-refractivity contribution in [2.24, 2.45) is 5.92 Å². The summed E-state index contributed by atoms with van der Waals surface area (Å²) in [4.78, 5) is 13.5. The number of thioether (sulfide) groups is 1. The summed E-state index contributed by atoms with van der Waals surface area (Å²) in [6.45, 7) is 2.24. The highest BCUT2D eigenvalue weighted by molar-refractivity contribution is 7.99. The molecule has 2 heterocycles. The van der Waals surface area contributed by atoms with Gasteiger partial charge in [-0.25, -0.2) is 0 Å². The molecule has 0 radical (unpaired) electrons. The Hall–Kier alpha value is -1.34. The van der Waals surface area contributed by atoms with Gasteiger partial charge in [0.05, 0.1) is 10.6 Å². The minimum atomic E-state index is 0.117. The quantitative estimate of drug-likeness (QED) is 0.770. The molecule has 5 nitrogen and oxygen atoms in total. The molecule has 1 N–H and O–H groups in total. The van der Waals surface area contributed by atoms with Crippen LogP contribution in [-0.4, -0.2) is 32.5 Å². The van der Waals surface area contributed by atoms with Crippen LogP contribution in [0.1, 0.15) is 51.5 Å². The Morgan fingerprint density at radius 2 is 2.16 bits per heavy atom. The Morgan fingerprint density at radius 3 is 2.88 bits per heavy atom. The van der Waals surface area contributed by atoms with Crippen molar-refractivity contribution in [3.63, 3.8) is 0 Å². The lowest BCUT2D eigenvalue weighted by molar-refractivity contribution is -0.119. The Bertz CT molecular complexity index is 724. The maximum atomic E-state index is 12.4. The molecule has 2 aromatic heterocycles. The topological polar surface area (TPSA) is 59.8 Å². The second-order valence-corrected chi connectivity index (χ2v) is 9.00. The average Bonchev–Trinajstić information content (AvgIpc) is 3.13. The fourth-order valence-corrected chi connectivity index (χ4v) is 5.04. The van der Waals surface area contributed by atoms with Crippen molar-refractivity contribution in [3.8, 4) is 10.7 Å². The number of carbonyl (C=O) groups excluding carboxylic acids is 1. The third kappa shape index (κ3) is 3.92. The fraction of sp³-hybridized carbons (Fsp3) is 0.611. The van der Waals surface area contributed by atoms with Gasteiger partial charge in [-0.2, -0.15) is 0 Å². The molecule has 0 aliphatic heterocycles. The molecule has 0 saturated heterocycles. The summed E-state index contributed by atoms with van der Waals surface area (Å²) in [5.74, 6) is 2.06. The van der Waals surface area contributed by atoms with Crippen LogP contribution in [-0.2, 0) is 4.79 Å². The van der Waals surface area contributed by atoms with Gasteiger partial charge in [-0.1, -0.05) is 37.6 Å². The van der Waals surface area contributed by atoms with E-state index in [1.165, 1.54) is 43.9 Å². The zero-order valence-corrected chi connectivity index (χ0v) is 16.1.